The summed E-state index contributed by atoms with van der Waals surface area (Å²) in [7, 11) is 0. The fraction of sp³-hybridized carbons (Fsp3) is 0.450. The van der Waals surface area contributed by atoms with Crippen LogP contribution >= 0.6 is 0 Å². The van der Waals surface area contributed by atoms with Crippen LogP contribution in [0.25, 0.3) is 0 Å². The number of fused-ring (bicyclic) bond motifs is 2. The number of carbonyl (C=O) groups is 1. The van der Waals surface area contributed by atoms with E-state index in [9.17, 15) is 4.79 Å². The van der Waals surface area contributed by atoms with Crippen molar-refractivity contribution in [1.82, 2.24) is 9.97 Å². The van der Waals surface area contributed by atoms with Gasteiger partial charge in [-0.1, -0.05) is 31.4 Å². The van der Waals surface area contributed by atoms with E-state index in [-0.39, 0.29) is 11.4 Å². The van der Waals surface area contributed by atoms with Crippen molar-refractivity contribution in [2.75, 3.05) is 18.1 Å². The first kappa shape index (κ1) is 16.1. The summed E-state index contributed by atoms with van der Waals surface area (Å²) < 4.78 is 5.31. The minimum atomic E-state index is -0.270. The van der Waals surface area contributed by atoms with E-state index in [1.807, 2.05) is 25.1 Å². The van der Waals surface area contributed by atoms with Crippen LogP contribution in [0, 0.1) is 0 Å². The molecule has 2 heterocycles. The van der Waals surface area contributed by atoms with E-state index in [0.29, 0.717) is 18.1 Å². The summed E-state index contributed by atoms with van der Waals surface area (Å²) in [6.07, 6.45) is 9.54. The van der Waals surface area contributed by atoms with Gasteiger partial charge in [-0.05, 0) is 37.5 Å². The third-order valence-corrected chi connectivity index (χ3v) is 5.44. The molecule has 130 valence electrons. The quantitative estimate of drug-likeness (QED) is 0.792. The number of anilines is 2. The Balaban J connectivity index is 1.87. The number of carbonyl (C=O) groups excluding carboxylic acids is 1. The maximum Gasteiger partial charge on any atom is 0.340 e. The summed E-state index contributed by atoms with van der Waals surface area (Å²) in [5.74, 6) is 0.385. The highest BCUT2D eigenvalue weighted by molar-refractivity contribution is 5.98. The first-order valence-corrected chi connectivity index (χ1v) is 9.10. The second kappa shape index (κ2) is 6.47. The molecule has 2 aliphatic rings. The van der Waals surface area contributed by atoms with E-state index >= 15 is 0 Å². The summed E-state index contributed by atoms with van der Waals surface area (Å²) in [5.41, 5.74) is 2.91. The summed E-state index contributed by atoms with van der Waals surface area (Å²) in [6.45, 7) is 3.04. The standard InChI is InChI=1S/C20H23N3O2/c1-2-25-18(24)15-8-6-9-16-17(15)23(19-21-12-7-13-22-19)14-20(16)10-4-3-5-11-20/h6-9,12-13H,2-5,10-11,14H2,1H3. The zero-order chi connectivity index (χ0) is 17.3. The molecule has 25 heavy (non-hydrogen) atoms. The highest BCUT2D eigenvalue weighted by Crippen LogP contribution is 2.52. The minimum Gasteiger partial charge on any atom is -0.462 e. The molecule has 1 spiro atoms. The van der Waals surface area contributed by atoms with Crippen LogP contribution < -0.4 is 4.90 Å². The summed E-state index contributed by atoms with van der Waals surface area (Å²) in [4.78, 5) is 23.6. The molecule has 0 N–H and O–H groups in total. The summed E-state index contributed by atoms with van der Waals surface area (Å²) in [5, 5.41) is 0. The van der Waals surface area contributed by atoms with Crippen molar-refractivity contribution in [3.8, 4) is 0 Å². The molecule has 0 saturated heterocycles. The zero-order valence-corrected chi connectivity index (χ0v) is 14.6. The third kappa shape index (κ3) is 2.68. The number of hydrogen-bond donors (Lipinski definition) is 0. The first-order chi connectivity index (χ1) is 12.2. The van der Waals surface area contributed by atoms with Crippen LogP contribution in [0.1, 0.15) is 54.9 Å². The average Bonchev–Trinajstić information content (AvgIpc) is 2.97. The first-order valence-electron chi connectivity index (χ1n) is 9.10. The molecule has 5 nitrogen and oxygen atoms in total. The van der Waals surface area contributed by atoms with Gasteiger partial charge in [-0.3, -0.25) is 0 Å². The number of ether oxygens (including phenoxy) is 1. The Hall–Kier alpha value is -2.43. The number of aromatic nitrogens is 2. The smallest absolute Gasteiger partial charge is 0.340 e. The van der Waals surface area contributed by atoms with Gasteiger partial charge in [-0.15, -0.1) is 0 Å². The van der Waals surface area contributed by atoms with E-state index < -0.39 is 0 Å². The van der Waals surface area contributed by atoms with Crippen LogP contribution in [0.3, 0.4) is 0 Å². The maximum absolute atomic E-state index is 12.6. The van der Waals surface area contributed by atoms with Gasteiger partial charge in [0.15, 0.2) is 0 Å². The van der Waals surface area contributed by atoms with Crippen LogP contribution in [-0.2, 0) is 10.2 Å². The number of rotatable bonds is 3. The number of nitrogens with zero attached hydrogens (tertiary/aromatic N) is 3. The molecule has 0 atom stereocenters. The zero-order valence-electron chi connectivity index (χ0n) is 14.6. The van der Waals surface area contributed by atoms with Crippen molar-refractivity contribution in [3.05, 3.63) is 47.8 Å². The van der Waals surface area contributed by atoms with Crippen molar-refractivity contribution in [3.63, 3.8) is 0 Å². The Kier molecular flexibility index (Phi) is 4.15. The Morgan fingerprint density at radius 1 is 1.16 bits per heavy atom. The molecule has 0 unspecified atom stereocenters. The molecule has 1 aromatic carbocycles. The third-order valence-electron chi connectivity index (χ3n) is 5.44. The van der Waals surface area contributed by atoms with Gasteiger partial charge in [0.2, 0.25) is 5.95 Å². The van der Waals surface area contributed by atoms with Crippen molar-refractivity contribution >= 4 is 17.6 Å². The van der Waals surface area contributed by atoms with Gasteiger partial charge in [0.1, 0.15) is 0 Å². The van der Waals surface area contributed by atoms with Crippen molar-refractivity contribution in [2.45, 2.75) is 44.4 Å². The minimum absolute atomic E-state index is 0.0925. The molecule has 0 amide bonds. The average molecular weight is 337 g/mol. The van der Waals surface area contributed by atoms with Gasteiger partial charge in [-0.25, -0.2) is 14.8 Å². The molecule has 4 rings (SSSR count). The van der Waals surface area contributed by atoms with Crippen molar-refractivity contribution < 1.29 is 9.53 Å². The Bertz CT molecular complexity index is 770. The van der Waals surface area contributed by atoms with Crippen LogP contribution in [0.15, 0.2) is 36.7 Å². The number of benzene rings is 1. The highest BCUT2D eigenvalue weighted by atomic mass is 16.5. The molecular formula is C20H23N3O2. The molecular weight excluding hydrogens is 314 g/mol. The van der Waals surface area contributed by atoms with Gasteiger partial charge in [0.25, 0.3) is 0 Å². The van der Waals surface area contributed by atoms with E-state index in [1.54, 1.807) is 12.4 Å². The predicted molar refractivity (Wildman–Crippen MR) is 96.2 cm³/mol. The van der Waals surface area contributed by atoms with Crippen LogP contribution in [-0.4, -0.2) is 29.1 Å². The molecule has 0 radical (unpaired) electrons. The maximum atomic E-state index is 12.6. The largest absolute Gasteiger partial charge is 0.462 e. The van der Waals surface area contributed by atoms with Gasteiger partial charge in [-0.2, -0.15) is 0 Å². The van der Waals surface area contributed by atoms with E-state index in [2.05, 4.69) is 20.9 Å². The molecule has 1 saturated carbocycles. The predicted octanol–water partition coefficient (Wildman–Crippen LogP) is 4.01. The summed E-state index contributed by atoms with van der Waals surface area (Å²) in [6, 6.07) is 7.83. The Labute approximate surface area is 148 Å². The van der Waals surface area contributed by atoms with Crippen molar-refractivity contribution in [2.24, 2.45) is 0 Å². The Morgan fingerprint density at radius 3 is 2.64 bits per heavy atom. The lowest BCUT2D eigenvalue weighted by molar-refractivity contribution is 0.0527. The van der Waals surface area contributed by atoms with E-state index in [0.717, 1.165) is 25.1 Å². The van der Waals surface area contributed by atoms with Gasteiger partial charge in [0, 0.05) is 24.4 Å². The molecule has 1 fully saturated rings. The Morgan fingerprint density at radius 2 is 1.92 bits per heavy atom. The molecule has 1 aromatic heterocycles. The lowest BCUT2D eigenvalue weighted by Gasteiger charge is -2.34. The van der Waals surface area contributed by atoms with Gasteiger partial charge in [0.05, 0.1) is 17.9 Å². The second-order valence-electron chi connectivity index (χ2n) is 6.90. The van der Waals surface area contributed by atoms with E-state index in [1.165, 1.54) is 24.8 Å². The number of esters is 1. The van der Waals surface area contributed by atoms with Crippen LogP contribution in [0.5, 0.6) is 0 Å². The molecule has 5 heteroatoms. The fourth-order valence-corrected chi connectivity index (χ4v) is 4.36. The van der Waals surface area contributed by atoms with Crippen LogP contribution in [0.2, 0.25) is 0 Å². The summed E-state index contributed by atoms with van der Waals surface area (Å²) >= 11 is 0. The normalized spacial score (nSPS) is 18.2. The highest BCUT2D eigenvalue weighted by Gasteiger charge is 2.46. The second-order valence-corrected chi connectivity index (χ2v) is 6.90. The van der Waals surface area contributed by atoms with Crippen LogP contribution in [0.4, 0.5) is 11.6 Å². The molecule has 1 aliphatic carbocycles. The molecule has 1 aliphatic heterocycles. The SMILES string of the molecule is CCOC(=O)c1cccc2c1N(c1ncccn1)CC21CCCCC1. The number of para-hydroxylation sites is 1. The fourth-order valence-electron chi connectivity index (χ4n) is 4.36. The van der Waals surface area contributed by atoms with Crippen molar-refractivity contribution in [1.29, 1.82) is 0 Å². The van der Waals surface area contributed by atoms with Gasteiger partial charge >= 0.3 is 5.97 Å². The number of hydrogen-bond acceptors (Lipinski definition) is 5. The lowest BCUT2D eigenvalue weighted by Crippen LogP contribution is -2.34. The van der Waals surface area contributed by atoms with Gasteiger partial charge < -0.3 is 9.64 Å². The monoisotopic (exact) mass is 337 g/mol. The van der Waals surface area contributed by atoms with E-state index in [4.69, 9.17) is 4.74 Å². The molecule has 2 aromatic rings. The molecule has 0 bridgehead atoms. The lowest BCUT2D eigenvalue weighted by atomic mass is 9.70. The topological polar surface area (TPSA) is 55.3 Å².